The molecule has 33 heavy (non-hydrogen) atoms. The van der Waals surface area contributed by atoms with Crippen LogP contribution in [0.3, 0.4) is 0 Å². The van der Waals surface area contributed by atoms with Crippen molar-refractivity contribution in [1.29, 1.82) is 0 Å². The van der Waals surface area contributed by atoms with Crippen molar-refractivity contribution < 1.29 is 19.1 Å². The molecule has 0 atom stereocenters. The number of nitrogens with one attached hydrogen (secondary N) is 1. The van der Waals surface area contributed by atoms with Gasteiger partial charge in [-0.1, -0.05) is 54.6 Å². The molecule has 0 unspecified atom stereocenters. The quantitative estimate of drug-likeness (QED) is 0.360. The van der Waals surface area contributed by atoms with Gasteiger partial charge in [0.2, 0.25) is 0 Å². The Bertz CT molecular complexity index is 1220. The molecule has 1 heterocycles. The molecular weight excluding hydrogens is 416 g/mol. The van der Waals surface area contributed by atoms with E-state index in [0.717, 1.165) is 16.9 Å². The van der Waals surface area contributed by atoms with Crippen molar-refractivity contribution in [3.63, 3.8) is 0 Å². The second kappa shape index (κ2) is 10.3. The number of nitrogens with zero attached hydrogens (tertiary/aromatic N) is 1. The number of amides is 1. The van der Waals surface area contributed by atoms with Gasteiger partial charge in [0.25, 0.3) is 5.91 Å². The monoisotopic (exact) mass is 440 g/mol. The summed E-state index contributed by atoms with van der Waals surface area (Å²) in [5.74, 6) is -0.776. The minimum absolute atomic E-state index is 0.159. The Kier molecular flexibility index (Phi) is 6.85. The fourth-order valence-electron chi connectivity index (χ4n) is 3.66. The van der Waals surface area contributed by atoms with Gasteiger partial charge in [-0.25, -0.2) is 4.79 Å². The maximum atomic E-state index is 12.6. The average Bonchev–Trinajstić information content (AvgIpc) is 3.32. The number of rotatable bonds is 9. The van der Waals surface area contributed by atoms with Gasteiger partial charge in [-0.05, 0) is 48.4 Å². The molecule has 0 fully saturated rings. The number of carbonyl (C=O) groups is 2. The molecule has 0 bridgehead atoms. The smallest absolute Gasteiger partial charge is 0.339 e. The lowest BCUT2D eigenvalue weighted by atomic mass is 10.1. The van der Waals surface area contributed by atoms with Crippen molar-refractivity contribution in [1.82, 2.24) is 0 Å². The van der Waals surface area contributed by atoms with Crippen LogP contribution in [0, 0.1) is 0 Å². The fourth-order valence-corrected chi connectivity index (χ4v) is 3.66. The number of hydrogen-bond acceptors (Lipinski definition) is 4. The van der Waals surface area contributed by atoms with Crippen LogP contribution in [0.15, 0.2) is 102 Å². The first kappa shape index (κ1) is 21.9. The second-order valence-electron chi connectivity index (χ2n) is 7.55. The Morgan fingerprint density at radius 3 is 2.24 bits per heavy atom. The lowest BCUT2D eigenvalue weighted by molar-refractivity contribution is 0.0694. The molecule has 0 aliphatic carbocycles. The van der Waals surface area contributed by atoms with E-state index in [4.69, 9.17) is 4.42 Å². The van der Waals surface area contributed by atoms with Crippen LogP contribution in [0.2, 0.25) is 0 Å². The molecule has 4 aromatic rings. The largest absolute Gasteiger partial charge is 0.478 e. The molecule has 6 nitrogen and oxygen atoms in total. The highest BCUT2D eigenvalue weighted by molar-refractivity contribution is 6.04. The number of benzene rings is 3. The fraction of sp³-hybridized carbons (Fsp3) is 0.111. The molecule has 4 rings (SSSR count). The highest BCUT2D eigenvalue weighted by atomic mass is 16.4. The Morgan fingerprint density at radius 1 is 0.848 bits per heavy atom. The topological polar surface area (TPSA) is 82.8 Å². The predicted octanol–water partition coefficient (Wildman–Crippen LogP) is 5.48. The van der Waals surface area contributed by atoms with Crippen LogP contribution in [0.5, 0.6) is 0 Å². The molecule has 166 valence electrons. The predicted molar refractivity (Wildman–Crippen MR) is 128 cm³/mol. The zero-order valence-electron chi connectivity index (χ0n) is 18.0. The van der Waals surface area contributed by atoms with E-state index in [9.17, 15) is 14.7 Å². The van der Waals surface area contributed by atoms with Crippen LogP contribution in [0.25, 0.3) is 0 Å². The lowest BCUT2D eigenvalue weighted by Crippen LogP contribution is -2.26. The summed E-state index contributed by atoms with van der Waals surface area (Å²) in [6.45, 7) is 0.916. The number of carboxylic acids is 1. The van der Waals surface area contributed by atoms with Gasteiger partial charge in [0.05, 0.1) is 12.8 Å². The van der Waals surface area contributed by atoms with E-state index in [1.807, 2.05) is 72.8 Å². The molecule has 3 aromatic carbocycles. The average molecular weight is 440 g/mol. The number of para-hydroxylation sites is 2. The molecule has 1 aromatic heterocycles. The van der Waals surface area contributed by atoms with Crippen molar-refractivity contribution in [2.45, 2.75) is 13.0 Å². The molecule has 0 radical (unpaired) electrons. The highest BCUT2D eigenvalue weighted by Gasteiger charge is 2.18. The van der Waals surface area contributed by atoms with Gasteiger partial charge < -0.3 is 19.7 Å². The van der Waals surface area contributed by atoms with E-state index in [2.05, 4.69) is 10.2 Å². The lowest BCUT2D eigenvalue weighted by Gasteiger charge is -2.25. The van der Waals surface area contributed by atoms with E-state index in [-0.39, 0.29) is 11.5 Å². The molecule has 1 amide bonds. The molecule has 0 saturated heterocycles. The summed E-state index contributed by atoms with van der Waals surface area (Å²) in [5, 5.41) is 12.4. The zero-order valence-corrected chi connectivity index (χ0v) is 18.0. The van der Waals surface area contributed by atoms with Gasteiger partial charge >= 0.3 is 5.97 Å². The van der Waals surface area contributed by atoms with Gasteiger partial charge in [0.1, 0.15) is 11.3 Å². The van der Waals surface area contributed by atoms with Crippen molar-refractivity contribution in [2.75, 3.05) is 16.8 Å². The highest BCUT2D eigenvalue weighted by Crippen LogP contribution is 2.23. The van der Waals surface area contributed by atoms with Gasteiger partial charge in [0, 0.05) is 23.5 Å². The molecule has 0 saturated carbocycles. The summed E-state index contributed by atoms with van der Waals surface area (Å²) in [5.41, 5.74) is 3.45. The van der Waals surface area contributed by atoms with Gasteiger partial charge in [-0.3, -0.25) is 4.79 Å². The van der Waals surface area contributed by atoms with Gasteiger partial charge in [0.15, 0.2) is 0 Å². The number of anilines is 2. The zero-order chi connectivity index (χ0) is 23.0. The second-order valence-corrected chi connectivity index (χ2v) is 7.55. The van der Waals surface area contributed by atoms with Crippen molar-refractivity contribution in [3.05, 3.63) is 120 Å². The summed E-state index contributed by atoms with van der Waals surface area (Å²) >= 11 is 0. The first-order valence-corrected chi connectivity index (χ1v) is 10.7. The Morgan fingerprint density at radius 2 is 1.52 bits per heavy atom. The third-order valence-electron chi connectivity index (χ3n) is 5.38. The van der Waals surface area contributed by atoms with Crippen LogP contribution in [-0.2, 0) is 13.0 Å². The maximum Gasteiger partial charge on any atom is 0.339 e. The van der Waals surface area contributed by atoms with E-state index in [1.165, 1.54) is 12.3 Å². The summed E-state index contributed by atoms with van der Waals surface area (Å²) in [4.78, 5) is 26.2. The standard InChI is InChI=1S/C27H24N2O4/c30-26(21-10-3-1-4-11-21)28-24-14-8-7-9-20(24)15-17-29(22-12-5-2-6-13-22)19-25-23(27(31)32)16-18-33-25/h1-14,16,18H,15,17,19H2,(H,28,30)(H,31,32). The third-order valence-corrected chi connectivity index (χ3v) is 5.38. The van der Waals surface area contributed by atoms with Crippen molar-refractivity contribution >= 4 is 23.3 Å². The van der Waals surface area contributed by atoms with Crippen LogP contribution in [-0.4, -0.2) is 23.5 Å². The minimum atomic E-state index is -1.01. The van der Waals surface area contributed by atoms with Crippen molar-refractivity contribution in [2.24, 2.45) is 0 Å². The molecular formula is C27H24N2O4. The van der Waals surface area contributed by atoms with Crippen molar-refractivity contribution in [3.8, 4) is 0 Å². The van der Waals surface area contributed by atoms with E-state index < -0.39 is 5.97 Å². The summed E-state index contributed by atoms with van der Waals surface area (Å²) in [6, 6.07) is 28.0. The molecule has 6 heteroatoms. The third kappa shape index (κ3) is 5.49. The molecule has 0 aliphatic rings. The normalized spacial score (nSPS) is 10.5. The number of carbonyl (C=O) groups excluding carboxylic acids is 1. The first-order chi connectivity index (χ1) is 16.1. The van der Waals surface area contributed by atoms with E-state index in [0.29, 0.717) is 30.8 Å². The number of aromatic carboxylic acids is 1. The van der Waals surface area contributed by atoms with Crippen LogP contribution in [0.4, 0.5) is 11.4 Å². The van der Waals surface area contributed by atoms with Crippen LogP contribution >= 0.6 is 0 Å². The molecule has 0 aliphatic heterocycles. The van der Waals surface area contributed by atoms with Crippen LogP contribution in [0.1, 0.15) is 32.0 Å². The Labute approximate surface area is 192 Å². The van der Waals surface area contributed by atoms with Crippen LogP contribution < -0.4 is 10.2 Å². The van der Waals surface area contributed by atoms with E-state index in [1.54, 1.807) is 12.1 Å². The minimum Gasteiger partial charge on any atom is -0.478 e. The van der Waals surface area contributed by atoms with Gasteiger partial charge in [-0.2, -0.15) is 0 Å². The van der Waals surface area contributed by atoms with E-state index >= 15 is 0 Å². The number of hydrogen-bond donors (Lipinski definition) is 2. The summed E-state index contributed by atoms with van der Waals surface area (Å²) in [7, 11) is 0. The summed E-state index contributed by atoms with van der Waals surface area (Å²) in [6.07, 6.45) is 2.04. The summed E-state index contributed by atoms with van der Waals surface area (Å²) < 4.78 is 5.48. The Hall–Kier alpha value is -4.32. The molecule has 2 N–H and O–H groups in total. The Balaban J connectivity index is 1.53. The number of furan rings is 1. The first-order valence-electron chi connectivity index (χ1n) is 10.7. The molecule has 0 spiro atoms. The van der Waals surface area contributed by atoms with Gasteiger partial charge in [-0.15, -0.1) is 0 Å². The SMILES string of the molecule is O=C(Nc1ccccc1CCN(Cc1occc1C(=O)O)c1ccccc1)c1ccccc1. The maximum absolute atomic E-state index is 12.6. The number of carboxylic acid groups (broad SMARTS) is 1.